The van der Waals surface area contributed by atoms with Crippen molar-refractivity contribution in [3.63, 3.8) is 0 Å². The zero-order valence-corrected chi connectivity index (χ0v) is 22.0. The number of amides is 1. The van der Waals surface area contributed by atoms with Gasteiger partial charge in [-0.25, -0.2) is 4.39 Å². The molecule has 1 unspecified atom stereocenters. The number of halogens is 6. The summed E-state index contributed by atoms with van der Waals surface area (Å²) in [6, 6.07) is 14.3. The molecule has 0 spiro atoms. The number of likely N-dealkylation sites (tertiary alicyclic amines) is 1. The van der Waals surface area contributed by atoms with Crippen molar-refractivity contribution in [1.29, 1.82) is 0 Å². The highest BCUT2D eigenvalue weighted by Gasteiger charge is 2.39. The first-order valence-corrected chi connectivity index (χ1v) is 12.5. The average Bonchev–Trinajstić information content (AvgIpc) is 3.30. The van der Waals surface area contributed by atoms with Crippen LogP contribution in [0.2, 0.25) is 10.0 Å². The summed E-state index contributed by atoms with van der Waals surface area (Å²) in [5, 5.41) is 0.747. The van der Waals surface area contributed by atoms with Crippen molar-refractivity contribution in [2.45, 2.75) is 31.6 Å². The summed E-state index contributed by atoms with van der Waals surface area (Å²) in [5.74, 6) is -1.86. The molecule has 4 rings (SSSR count). The van der Waals surface area contributed by atoms with E-state index in [4.69, 9.17) is 23.2 Å². The van der Waals surface area contributed by atoms with Crippen LogP contribution in [0.25, 0.3) is 0 Å². The Morgan fingerprint density at radius 2 is 1.61 bits per heavy atom. The Bertz CT molecular complexity index is 1360. The van der Waals surface area contributed by atoms with Crippen LogP contribution in [0.3, 0.4) is 0 Å². The lowest BCUT2D eigenvalue weighted by Crippen LogP contribution is -2.38. The minimum atomic E-state index is -4.78. The van der Waals surface area contributed by atoms with Gasteiger partial charge in [0.15, 0.2) is 5.78 Å². The predicted octanol–water partition coefficient (Wildman–Crippen LogP) is 7.09. The molecule has 0 radical (unpaired) electrons. The smallest absolute Gasteiger partial charge is 0.336 e. The van der Waals surface area contributed by atoms with E-state index in [1.165, 1.54) is 13.0 Å². The number of hydrogen-bond donors (Lipinski definition) is 0. The first kappa shape index (κ1) is 28.1. The standard InChI is InChI=1S/C28H24Cl2F4N2O2/c1-16(37)18-4-6-19(7-5-18)27(38)36-14-21(20-8-10-23(29)24(30)12-20)26(15-36)35(2)13-17-3-9-22(25(31)11-17)28(32,33)34/h3-12,21,26H,13-15H2,1-2H3/t21-,26?/m1/s1. The van der Waals surface area contributed by atoms with Gasteiger partial charge in [-0.3, -0.25) is 14.5 Å². The van der Waals surface area contributed by atoms with Gasteiger partial charge in [-0.05, 0) is 61.5 Å². The van der Waals surface area contributed by atoms with Crippen LogP contribution in [0.5, 0.6) is 0 Å². The monoisotopic (exact) mass is 566 g/mol. The third-order valence-electron chi connectivity index (χ3n) is 6.82. The van der Waals surface area contributed by atoms with Gasteiger partial charge in [-0.2, -0.15) is 13.2 Å². The molecule has 0 aromatic heterocycles. The molecule has 0 saturated carbocycles. The first-order valence-electron chi connectivity index (χ1n) is 11.8. The number of carbonyl (C=O) groups is 2. The second-order valence-corrected chi connectivity index (χ2v) is 10.2. The minimum Gasteiger partial charge on any atom is -0.336 e. The fourth-order valence-electron chi connectivity index (χ4n) is 4.79. The lowest BCUT2D eigenvalue weighted by molar-refractivity contribution is -0.140. The fraction of sp³-hybridized carbons (Fsp3) is 0.286. The molecule has 3 aromatic rings. The fourth-order valence-corrected chi connectivity index (χ4v) is 5.10. The number of ketones is 1. The van der Waals surface area contributed by atoms with Crippen molar-refractivity contribution in [1.82, 2.24) is 9.80 Å². The van der Waals surface area contributed by atoms with Crippen LogP contribution in [-0.4, -0.2) is 47.7 Å². The second kappa shape index (κ2) is 11.0. The highest BCUT2D eigenvalue weighted by atomic mass is 35.5. The highest BCUT2D eigenvalue weighted by Crippen LogP contribution is 2.36. The Balaban J connectivity index is 1.60. The molecule has 38 heavy (non-hydrogen) atoms. The summed E-state index contributed by atoms with van der Waals surface area (Å²) in [6.07, 6.45) is -4.78. The summed E-state index contributed by atoms with van der Waals surface area (Å²) in [4.78, 5) is 28.5. The largest absolute Gasteiger partial charge is 0.419 e. The van der Waals surface area contributed by atoms with Crippen molar-refractivity contribution in [3.05, 3.63) is 104 Å². The Hall–Kier alpha value is -2.94. The Morgan fingerprint density at radius 1 is 0.947 bits per heavy atom. The van der Waals surface area contributed by atoms with Gasteiger partial charge in [-0.15, -0.1) is 0 Å². The van der Waals surface area contributed by atoms with Gasteiger partial charge in [0.25, 0.3) is 5.91 Å². The molecule has 4 nitrogen and oxygen atoms in total. The average molecular weight is 567 g/mol. The number of nitrogens with zero attached hydrogens (tertiary/aromatic N) is 2. The molecule has 10 heteroatoms. The molecule has 200 valence electrons. The Labute approximate surface area is 227 Å². The summed E-state index contributed by atoms with van der Waals surface area (Å²) in [7, 11) is 1.78. The summed E-state index contributed by atoms with van der Waals surface area (Å²) < 4.78 is 53.1. The van der Waals surface area contributed by atoms with Gasteiger partial charge >= 0.3 is 6.18 Å². The van der Waals surface area contributed by atoms with Gasteiger partial charge in [0.2, 0.25) is 0 Å². The van der Waals surface area contributed by atoms with Crippen molar-refractivity contribution in [2.75, 3.05) is 20.1 Å². The normalized spacial score (nSPS) is 17.8. The summed E-state index contributed by atoms with van der Waals surface area (Å²) >= 11 is 12.4. The van der Waals surface area contributed by atoms with Crippen molar-refractivity contribution >= 4 is 34.9 Å². The molecule has 0 bridgehead atoms. The number of rotatable bonds is 6. The van der Waals surface area contributed by atoms with E-state index in [1.54, 1.807) is 48.3 Å². The van der Waals surface area contributed by atoms with E-state index >= 15 is 0 Å². The molecular formula is C28H24Cl2F4N2O2. The van der Waals surface area contributed by atoms with Crippen LogP contribution in [0.1, 0.15) is 50.2 Å². The van der Waals surface area contributed by atoms with E-state index in [2.05, 4.69) is 0 Å². The van der Waals surface area contributed by atoms with Gasteiger partial charge in [0, 0.05) is 42.7 Å². The lowest BCUT2D eigenvalue weighted by atomic mass is 9.93. The maximum absolute atomic E-state index is 14.2. The van der Waals surface area contributed by atoms with Gasteiger partial charge in [0.05, 0.1) is 15.6 Å². The van der Waals surface area contributed by atoms with Crippen LogP contribution in [0.4, 0.5) is 17.6 Å². The van der Waals surface area contributed by atoms with Gasteiger partial charge in [-0.1, -0.05) is 47.5 Å². The molecule has 1 fully saturated rings. The molecule has 1 amide bonds. The highest BCUT2D eigenvalue weighted by molar-refractivity contribution is 6.42. The third kappa shape index (κ3) is 6.03. The summed E-state index contributed by atoms with van der Waals surface area (Å²) in [6.45, 7) is 2.27. The van der Waals surface area contributed by atoms with E-state index in [9.17, 15) is 27.2 Å². The van der Waals surface area contributed by atoms with Crippen molar-refractivity contribution in [2.24, 2.45) is 0 Å². The number of Topliss-reactive ketones (excluding diaryl/α,β-unsaturated/α-hetero) is 1. The molecule has 1 saturated heterocycles. The molecule has 1 heterocycles. The first-order chi connectivity index (χ1) is 17.8. The van der Waals surface area contributed by atoms with Crippen LogP contribution in [0.15, 0.2) is 60.7 Å². The van der Waals surface area contributed by atoms with Crippen molar-refractivity contribution in [3.8, 4) is 0 Å². The van der Waals surface area contributed by atoms with Crippen LogP contribution < -0.4 is 0 Å². The minimum absolute atomic E-state index is 0.105. The van der Waals surface area contributed by atoms with E-state index in [0.29, 0.717) is 39.8 Å². The Kier molecular flexibility index (Phi) is 8.16. The van der Waals surface area contributed by atoms with Crippen LogP contribution >= 0.6 is 23.2 Å². The SMILES string of the molecule is CC(=O)c1ccc(C(=O)N2CC(N(C)Cc3ccc(C(F)(F)F)c(F)c3)[C@@H](c3ccc(Cl)c(Cl)c3)C2)cc1. The maximum Gasteiger partial charge on any atom is 0.419 e. The number of alkyl halides is 3. The molecule has 0 aliphatic carbocycles. The molecule has 1 aliphatic heterocycles. The third-order valence-corrected chi connectivity index (χ3v) is 7.56. The topological polar surface area (TPSA) is 40.6 Å². The van der Waals surface area contributed by atoms with E-state index in [-0.39, 0.29) is 30.2 Å². The summed E-state index contributed by atoms with van der Waals surface area (Å²) in [5.41, 5.74) is 0.827. The maximum atomic E-state index is 14.2. The van der Waals surface area contributed by atoms with Crippen LogP contribution in [0, 0.1) is 5.82 Å². The molecule has 2 atom stereocenters. The number of carbonyl (C=O) groups excluding carboxylic acids is 2. The number of benzene rings is 3. The molecule has 1 aliphatic rings. The van der Waals surface area contributed by atoms with Gasteiger partial charge < -0.3 is 4.90 Å². The lowest BCUT2D eigenvalue weighted by Gasteiger charge is -2.29. The van der Waals surface area contributed by atoms with Gasteiger partial charge in [0.1, 0.15) is 5.82 Å². The second-order valence-electron chi connectivity index (χ2n) is 9.42. The molecular weight excluding hydrogens is 543 g/mol. The van der Waals surface area contributed by atoms with Crippen LogP contribution in [-0.2, 0) is 12.7 Å². The predicted molar refractivity (Wildman–Crippen MR) is 138 cm³/mol. The quantitative estimate of drug-likeness (QED) is 0.236. The number of likely N-dealkylation sites (N-methyl/N-ethyl adjacent to an activating group) is 1. The van der Waals surface area contributed by atoms with E-state index < -0.39 is 17.6 Å². The zero-order valence-electron chi connectivity index (χ0n) is 20.5. The van der Waals surface area contributed by atoms with E-state index in [1.807, 2.05) is 11.0 Å². The number of hydrogen-bond acceptors (Lipinski definition) is 3. The molecule has 0 N–H and O–H groups in total. The van der Waals surface area contributed by atoms with Crippen molar-refractivity contribution < 1.29 is 27.2 Å². The zero-order chi connectivity index (χ0) is 27.8. The molecule has 3 aromatic carbocycles. The Morgan fingerprint density at radius 3 is 2.18 bits per heavy atom. The van der Waals surface area contributed by atoms with E-state index in [0.717, 1.165) is 17.7 Å².